The van der Waals surface area contributed by atoms with Gasteiger partial charge in [0.05, 0.1) is 5.02 Å². The lowest BCUT2D eigenvalue weighted by Gasteiger charge is -2.07. The van der Waals surface area contributed by atoms with Crippen LogP contribution in [0.1, 0.15) is 0 Å². The average Bonchev–Trinajstić information content (AvgIpc) is 2.68. The molecule has 3 N–H and O–H groups in total. The van der Waals surface area contributed by atoms with Gasteiger partial charge in [-0.1, -0.05) is 16.8 Å². The number of rotatable bonds is 3. The minimum absolute atomic E-state index is 0.0426. The maximum atomic E-state index is 11.9. The summed E-state index contributed by atoms with van der Waals surface area (Å²) < 4.78 is 30.6. The Morgan fingerprint density at radius 3 is 2.71 bits per heavy atom. The predicted molar refractivity (Wildman–Crippen MR) is 63.2 cm³/mol. The largest absolute Gasteiger partial charge is 0.399 e. The first-order chi connectivity index (χ1) is 7.99. The predicted octanol–water partition coefficient (Wildman–Crippen LogP) is 1.71. The second kappa shape index (κ2) is 4.27. The molecule has 1 aromatic carbocycles. The Morgan fingerprint density at radius 2 is 2.12 bits per heavy atom. The Balaban J connectivity index is 2.38. The number of sulfonamides is 1. The number of nitrogen functional groups attached to an aromatic ring is 1. The first-order valence-electron chi connectivity index (χ1n) is 4.47. The summed E-state index contributed by atoms with van der Waals surface area (Å²) in [6.45, 7) is 0. The highest BCUT2D eigenvalue weighted by atomic mass is 35.5. The Hall–Kier alpha value is -1.73. The van der Waals surface area contributed by atoms with Crippen molar-refractivity contribution >= 4 is 33.1 Å². The number of anilines is 2. The van der Waals surface area contributed by atoms with Crippen LogP contribution in [-0.2, 0) is 10.0 Å². The fourth-order valence-corrected chi connectivity index (χ4v) is 2.74. The van der Waals surface area contributed by atoms with Gasteiger partial charge in [0, 0.05) is 11.8 Å². The smallest absolute Gasteiger partial charge is 0.264 e. The number of nitrogens with two attached hydrogens (primary N) is 1. The average molecular weight is 274 g/mol. The Labute approximate surface area is 102 Å². The molecule has 1 heterocycles. The third kappa shape index (κ3) is 2.51. The summed E-state index contributed by atoms with van der Waals surface area (Å²) >= 11 is 5.81. The van der Waals surface area contributed by atoms with Crippen molar-refractivity contribution < 1.29 is 12.9 Å². The van der Waals surface area contributed by atoms with Crippen LogP contribution in [0.15, 0.2) is 39.9 Å². The summed E-state index contributed by atoms with van der Waals surface area (Å²) in [6.07, 6.45) is 1.25. The highest BCUT2D eigenvalue weighted by Gasteiger charge is 2.19. The zero-order valence-electron chi connectivity index (χ0n) is 8.42. The van der Waals surface area contributed by atoms with E-state index in [0.717, 1.165) is 0 Å². The van der Waals surface area contributed by atoms with Crippen LogP contribution < -0.4 is 10.5 Å². The zero-order valence-corrected chi connectivity index (χ0v) is 9.99. The van der Waals surface area contributed by atoms with Crippen LogP contribution in [0.5, 0.6) is 0 Å². The lowest BCUT2D eigenvalue weighted by atomic mass is 10.3. The van der Waals surface area contributed by atoms with Crippen molar-refractivity contribution in [1.29, 1.82) is 0 Å². The molecule has 8 heteroatoms. The van der Waals surface area contributed by atoms with E-state index in [1.807, 2.05) is 0 Å². The molecular weight excluding hydrogens is 266 g/mol. The van der Waals surface area contributed by atoms with Gasteiger partial charge in [0.15, 0.2) is 5.82 Å². The summed E-state index contributed by atoms with van der Waals surface area (Å²) in [6, 6.07) is 5.50. The quantitative estimate of drug-likeness (QED) is 0.830. The summed E-state index contributed by atoms with van der Waals surface area (Å²) in [4.78, 5) is -0.0728. The van der Waals surface area contributed by atoms with Crippen LogP contribution in [0.25, 0.3) is 0 Å². The maximum Gasteiger partial charge on any atom is 0.264 e. The topological polar surface area (TPSA) is 98.2 Å². The number of nitrogens with one attached hydrogen (secondary N) is 1. The number of nitrogens with zero attached hydrogens (tertiary/aromatic N) is 1. The highest BCUT2D eigenvalue weighted by Crippen LogP contribution is 2.25. The fourth-order valence-electron chi connectivity index (χ4n) is 1.19. The second-order valence-corrected chi connectivity index (χ2v) is 5.24. The van der Waals surface area contributed by atoms with Crippen LogP contribution in [0, 0.1) is 0 Å². The molecule has 0 radical (unpaired) electrons. The minimum Gasteiger partial charge on any atom is -0.399 e. The van der Waals surface area contributed by atoms with Crippen LogP contribution in [-0.4, -0.2) is 13.6 Å². The van der Waals surface area contributed by atoms with Gasteiger partial charge >= 0.3 is 0 Å². The number of hydrogen-bond donors (Lipinski definition) is 2. The Bertz CT molecular complexity index is 625. The normalized spacial score (nSPS) is 11.4. The van der Waals surface area contributed by atoms with Gasteiger partial charge < -0.3 is 10.3 Å². The molecule has 0 saturated heterocycles. The van der Waals surface area contributed by atoms with Gasteiger partial charge in [-0.15, -0.1) is 0 Å². The molecule has 90 valence electrons. The number of benzene rings is 1. The van der Waals surface area contributed by atoms with E-state index in [4.69, 9.17) is 17.3 Å². The van der Waals surface area contributed by atoms with Crippen LogP contribution in [0.3, 0.4) is 0 Å². The molecule has 0 fully saturated rings. The van der Waals surface area contributed by atoms with Gasteiger partial charge in [-0.25, -0.2) is 8.42 Å². The summed E-state index contributed by atoms with van der Waals surface area (Å²) in [7, 11) is -3.79. The van der Waals surface area contributed by atoms with Crippen molar-refractivity contribution in [2.75, 3.05) is 10.5 Å². The van der Waals surface area contributed by atoms with E-state index in [1.54, 1.807) is 0 Å². The van der Waals surface area contributed by atoms with Gasteiger partial charge in [-0.2, -0.15) is 0 Å². The van der Waals surface area contributed by atoms with Gasteiger partial charge in [0.25, 0.3) is 10.0 Å². The Morgan fingerprint density at radius 1 is 1.35 bits per heavy atom. The van der Waals surface area contributed by atoms with Gasteiger partial charge in [0.2, 0.25) is 0 Å². The highest BCUT2D eigenvalue weighted by molar-refractivity contribution is 7.92. The van der Waals surface area contributed by atoms with Crippen molar-refractivity contribution in [1.82, 2.24) is 5.16 Å². The molecule has 0 unspecified atom stereocenters. The molecule has 0 saturated carbocycles. The number of aromatic nitrogens is 1. The SMILES string of the molecule is Nc1ccc(S(=O)(=O)Nc2ccon2)c(Cl)c1. The molecule has 17 heavy (non-hydrogen) atoms. The van der Waals surface area contributed by atoms with E-state index in [2.05, 4.69) is 14.4 Å². The number of halogens is 1. The third-order valence-electron chi connectivity index (χ3n) is 1.92. The molecule has 2 rings (SSSR count). The molecule has 0 aliphatic carbocycles. The van der Waals surface area contributed by atoms with Gasteiger partial charge in [-0.3, -0.25) is 4.72 Å². The van der Waals surface area contributed by atoms with E-state index in [-0.39, 0.29) is 15.7 Å². The van der Waals surface area contributed by atoms with E-state index < -0.39 is 10.0 Å². The maximum absolute atomic E-state index is 11.9. The molecule has 2 aromatic rings. The first kappa shape index (κ1) is 11.7. The van der Waals surface area contributed by atoms with Crippen LogP contribution >= 0.6 is 11.6 Å². The summed E-state index contributed by atoms with van der Waals surface area (Å²) in [5.41, 5.74) is 5.86. The fraction of sp³-hybridized carbons (Fsp3) is 0. The molecule has 0 atom stereocenters. The summed E-state index contributed by atoms with van der Waals surface area (Å²) in [5.74, 6) is 0.0814. The molecule has 0 bridgehead atoms. The van der Waals surface area contributed by atoms with Crippen molar-refractivity contribution in [3.05, 3.63) is 35.6 Å². The molecule has 0 aliphatic rings. The molecule has 6 nitrogen and oxygen atoms in total. The standard InChI is InChI=1S/C9H8ClN3O3S/c10-7-5-6(11)1-2-8(7)17(14,15)13-9-3-4-16-12-9/h1-5H,11H2,(H,12,13). The first-order valence-corrected chi connectivity index (χ1v) is 6.33. The molecule has 0 aliphatic heterocycles. The molecule has 0 spiro atoms. The zero-order chi connectivity index (χ0) is 12.5. The van der Waals surface area contributed by atoms with Crippen molar-refractivity contribution in [3.63, 3.8) is 0 Å². The molecule has 1 aromatic heterocycles. The minimum atomic E-state index is -3.79. The molecule has 0 amide bonds. The van der Waals surface area contributed by atoms with Crippen LogP contribution in [0.4, 0.5) is 11.5 Å². The second-order valence-electron chi connectivity index (χ2n) is 3.18. The summed E-state index contributed by atoms with van der Waals surface area (Å²) in [5, 5.41) is 3.48. The van der Waals surface area contributed by atoms with E-state index in [0.29, 0.717) is 5.69 Å². The van der Waals surface area contributed by atoms with Gasteiger partial charge in [-0.05, 0) is 18.2 Å². The Kier molecular flexibility index (Phi) is 2.95. The monoisotopic (exact) mass is 273 g/mol. The molecular formula is C9H8ClN3O3S. The van der Waals surface area contributed by atoms with Crippen molar-refractivity contribution in [2.45, 2.75) is 4.90 Å². The van der Waals surface area contributed by atoms with E-state index in [1.165, 1.54) is 30.5 Å². The lowest BCUT2D eigenvalue weighted by molar-refractivity contribution is 0.423. The third-order valence-corrected chi connectivity index (χ3v) is 3.76. The van der Waals surface area contributed by atoms with Crippen molar-refractivity contribution in [3.8, 4) is 0 Å². The van der Waals surface area contributed by atoms with Crippen molar-refractivity contribution in [2.24, 2.45) is 0 Å². The number of hydrogen-bond acceptors (Lipinski definition) is 5. The van der Waals surface area contributed by atoms with Crippen LogP contribution in [0.2, 0.25) is 5.02 Å². The van der Waals surface area contributed by atoms with E-state index >= 15 is 0 Å². The van der Waals surface area contributed by atoms with E-state index in [9.17, 15) is 8.42 Å². The van der Waals surface area contributed by atoms with Gasteiger partial charge in [0.1, 0.15) is 11.2 Å². The lowest BCUT2D eigenvalue weighted by Crippen LogP contribution is -2.13.